The van der Waals surface area contributed by atoms with Crippen LogP contribution in [0.3, 0.4) is 0 Å². The maximum Gasteiger partial charge on any atom is 0.335 e. The Morgan fingerprint density at radius 3 is 2.26 bits per heavy atom. The Labute approximate surface area is 279 Å². The lowest BCUT2D eigenvalue weighted by molar-refractivity contribution is -0.225. The largest absolute Gasteiger partial charge is 0.478 e. The number of aromatic carboxylic acids is 1. The third-order valence-corrected chi connectivity index (χ3v) is 16.3. The Kier molecular flexibility index (Phi) is 8.36. The van der Waals surface area contributed by atoms with Gasteiger partial charge in [-0.15, -0.1) is 0 Å². The maximum atomic E-state index is 11.9. The highest BCUT2D eigenvalue weighted by Crippen LogP contribution is 2.77. The molecule has 0 heterocycles. The molecule has 6 heteroatoms. The number of sulfone groups is 1. The van der Waals surface area contributed by atoms with Crippen LogP contribution >= 0.6 is 0 Å². The molecule has 1 aromatic carbocycles. The number of allylic oxidation sites excluding steroid dienone is 3. The second-order valence-electron chi connectivity index (χ2n) is 17.8. The van der Waals surface area contributed by atoms with Crippen molar-refractivity contribution in [1.29, 1.82) is 0 Å². The van der Waals surface area contributed by atoms with Gasteiger partial charge in [0, 0.05) is 19.3 Å². The Morgan fingerprint density at radius 2 is 1.63 bits per heavy atom. The number of carbonyl (C=O) groups is 1. The number of rotatable bonds is 8. The van der Waals surface area contributed by atoms with Gasteiger partial charge in [-0.3, -0.25) is 0 Å². The fourth-order valence-electron chi connectivity index (χ4n) is 13.1. The fourth-order valence-corrected chi connectivity index (χ4v) is 13.6. The maximum absolute atomic E-state index is 11.9. The Morgan fingerprint density at radius 1 is 0.935 bits per heavy atom. The van der Waals surface area contributed by atoms with Crippen molar-refractivity contribution in [3.63, 3.8) is 0 Å². The lowest BCUT2D eigenvalue weighted by Crippen LogP contribution is -2.65. The molecule has 0 unspecified atom stereocenters. The van der Waals surface area contributed by atoms with Crippen LogP contribution in [-0.4, -0.2) is 44.6 Å². The molecule has 0 saturated heterocycles. The standard InChI is InChI=1S/C40H59NO4S/c1-26(2)29-15-20-40(25-41-23-24-46(8,44)45)22-21-38(6)31(34(29)40)13-14-33-37(5)18-16-30(27-9-11-28(12-10-27)35(42)43)36(3,4)32(37)17-19-39(33,38)7/h9-12,16,29,31-34,41H,1,13-15,17-25H2,2-8H3,(H,42,43)/t29-,31+,32-,33+,34+,37-,38+,39+,40+/m0/s1. The summed E-state index contributed by atoms with van der Waals surface area (Å²) >= 11 is 0. The van der Waals surface area contributed by atoms with Gasteiger partial charge in [0.05, 0.1) is 11.3 Å². The summed E-state index contributed by atoms with van der Waals surface area (Å²) < 4.78 is 23.7. The van der Waals surface area contributed by atoms with Gasteiger partial charge in [-0.05, 0) is 145 Å². The Balaban J connectivity index is 1.30. The van der Waals surface area contributed by atoms with E-state index in [0.29, 0.717) is 41.7 Å². The van der Waals surface area contributed by atoms with Crippen molar-refractivity contribution in [3.8, 4) is 0 Å². The summed E-state index contributed by atoms with van der Waals surface area (Å²) in [7, 11) is -2.98. The van der Waals surface area contributed by atoms with E-state index in [1.807, 2.05) is 12.1 Å². The Bertz CT molecular complexity index is 1530. The molecule has 4 fully saturated rings. The SMILES string of the molecule is C=C(C)[C@@H]1CC[C@]2(CNCCS(C)(=O)=O)CC[C@]3(C)[C@H](CC[C@@H]4[C@@]5(C)CC=C(c6ccc(C(=O)O)cc6)C(C)(C)[C@@H]5CC[C@]43C)[C@@H]12. The molecule has 0 aromatic heterocycles. The molecule has 1 aromatic rings. The van der Waals surface area contributed by atoms with Crippen LogP contribution in [0.4, 0.5) is 0 Å². The van der Waals surface area contributed by atoms with E-state index in [1.165, 1.54) is 74.3 Å². The molecule has 0 spiro atoms. The quantitative estimate of drug-likeness (QED) is 0.218. The van der Waals surface area contributed by atoms with Gasteiger partial charge >= 0.3 is 5.97 Å². The van der Waals surface area contributed by atoms with Crippen molar-refractivity contribution in [2.45, 2.75) is 99.3 Å². The molecule has 2 N–H and O–H groups in total. The molecule has 0 amide bonds. The lowest BCUT2D eigenvalue weighted by atomic mass is 9.32. The van der Waals surface area contributed by atoms with Gasteiger partial charge in [0.2, 0.25) is 0 Å². The molecule has 9 atom stereocenters. The van der Waals surface area contributed by atoms with E-state index in [4.69, 9.17) is 0 Å². The third kappa shape index (κ3) is 5.09. The molecule has 0 radical (unpaired) electrons. The summed E-state index contributed by atoms with van der Waals surface area (Å²) in [6, 6.07) is 7.55. The average Bonchev–Trinajstić information content (AvgIpc) is 3.35. The average molecular weight is 650 g/mol. The second-order valence-corrected chi connectivity index (χ2v) is 20.0. The molecular weight excluding hydrogens is 591 g/mol. The van der Waals surface area contributed by atoms with Crippen LogP contribution in [0.5, 0.6) is 0 Å². The summed E-state index contributed by atoms with van der Waals surface area (Å²) in [6.07, 6.45) is 14.9. The highest BCUT2D eigenvalue weighted by molar-refractivity contribution is 7.90. The minimum Gasteiger partial charge on any atom is -0.478 e. The number of fused-ring (bicyclic) bond motifs is 7. The predicted octanol–water partition coefficient (Wildman–Crippen LogP) is 8.67. The fraction of sp³-hybridized carbons (Fsp3) is 0.725. The van der Waals surface area contributed by atoms with Crippen LogP contribution in [0.15, 0.2) is 42.5 Å². The number of carboxylic acid groups (broad SMARTS) is 1. The van der Waals surface area contributed by atoms with E-state index >= 15 is 0 Å². The topological polar surface area (TPSA) is 83.5 Å². The molecule has 254 valence electrons. The zero-order chi connectivity index (χ0) is 33.5. The second kappa shape index (κ2) is 11.3. The van der Waals surface area contributed by atoms with Gasteiger partial charge in [-0.2, -0.15) is 0 Å². The highest BCUT2D eigenvalue weighted by Gasteiger charge is 2.70. The van der Waals surface area contributed by atoms with Crippen LogP contribution in [-0.2, 0) is 9.84 Å². The summed E-state index contributed by atoms with van der Waals surface area (Å²) in [5.41, 5.74) is 5.24. The van der Waals surface area contributed by atoms with Gasteiger partial charge in [0.1, 0.15) is 9.84 Å². The van der Waals surface area contributed by atoms with Crippen LogP contribution < -0.4 is 5.32 Å². The van der Waals surface area contributed by atoms with Crippen molar-refractivity contribution >= 4 is 21.4 Å². The summed E-state index contributed by atoms with van der Waals surface area (Å²) in [4.78, 5) is 11.5. The van der Waals surface area contributed by atoms with Crippen molar-refractivity contribution in [1.82, 2.24) is 5.32 Å². The van der Waals surface area contributed by atoms with Gasteiger partial charge in [0.15, 0.2) is 0 Å². The lowest BCUT2D eigenvalue weighted by Gasteiger charge is -2.72. The normalized spacial score (nSPS) is 41.4. The molecular formula is C40H59NO4S. The highest BCUT2D eigenvalue weighted by atomic mass is 32.2. The van der Waals surface area contributed by atoms with Crippen molar-refractivity contribution < 1.29 is 18.3 Å². The van der Waals surface area contributed by atoms with E-state index in [2.05, 4.69) is 59.5 Å². The number of hydrogen-bond donors (Lipinski definition) is 2. The molecule has 46 heavy (non-hydrogen) atoms. The van der Waals surface area contributed by atoms with E-state index in [-0.39, 0.29) is 32.8 Å². The van der Waals surface area contributed by atoms with Crippen molar-refractivity contribution in [3.05, 3.63) is 53.6 Å². The monoisotopic (exact) mass is 649 g/mol. The van der Waals surface area contributed by atoms with Crippen LogP contribution in [0.25, 0.3) is 5.57 Å². The number of benzene rings is 1. The third-order valence-electron chi connectivity index (χ3n) is 15.4. The molecule has 0 aliphatic heterocycles. The van der Waals surface area contributed by atoms with Crippen LogP contribution in [0.2, 0.25) is 0 Å². The minimum atomic E-state index is -2.98. The summed E-state index contributed by atoms with van der Waals surface area (Å²) in [5, 5.41) is 13.1. The number of nitrogens with one attached hydrogen (secondary N) is 1. The number of hydrogen-bond acceptors (Lipinski definition) is 4. The minimum absolute atomic E-state index is 0.00663. The van der Waals surface area contributed by atoms with Gasteiger partial charge in [-0.25, -0.2) is 13.2 Å². The predicted molar refractivity (Wildman–Crippen MR) is 188 cm³/mol. The zero-order valence-electron chi connectivity index (χ0n) is 29.5. The molecule has 0 bridgehead atoms. The first-order chi connectivity index (χ1) is 21.4. The van der Waals surface area contributed by atoms with Crippen LogP contribution in [0.1, 0.15) is 115 Å². The van der Waals surface area contributed by atoms with Crippen LogP contribution in [0, 0.1) is 56.7 Å². The molecule has 4 saturated carbocycles. The molecule has 6 rings (SSSR count). The van der Waals surface area contributed by atoms with E-state index in [1.54, 1.807) is 12.1 Å². The smallest absolute Gasteiger partial charge is 0.335 e. The zero-order valence-corrected chi connectivity index (χ0v) is 30.4. The van der Waals surface area contributed by atoms with E-state index in [9.17, 15) is 18.3 Å². The van der Waals surface area contributed by atoms with E-state index in [0.717, 1.165) is 13.0 Å². The van der Waals surface area contributed by atoms with Gasteiger partial charge in [0.25, 0.3) is 0 Å². The van der Waals surface area contributed by atoms with Gasteiger partial charge < -0.3 is 10.4 Å². The molecule has 5 aliphatic rings. The Hall–Kier alpha value is -1.92. The first-order valence-corrected chi connectivity index (χ1v) is 20.0. The van der Waals surface area contributed by atoms with Crippen molar-refractivity contribution in [2.24, 2.45) is 56.7 Å². The van der Waals surface area contributed by atoms with Crippen molar-refractivity contribution in [2.75, 3.05) is 25.1 Å². The molecule has 5 aliphatic carbocycles. The first-order valence-electron chi connectivity index (χ1n) is 18.0. The summed E-state index contributed by atoms with van der Waals surface area (Å²) in [6.45, 7) is 21.2. The van der Waals surface area contributed by atoms with Gasteiger partial charge in [-0.1, -0.05) is 65.0 Å². The number of carboxylic acids is 1. The summed E-state index contributed by atoms with van der Waals surface area (Å²) in [5.74, 6) is 2.41. The molecule has 5 nitrogen and oxygen atoms in total. The van der Waals surface area contributed by atoms with E-state index < -0.39 is 15.8 Å². The first kappa shape index (κ1) is 34.0.